The molecule has 0 aliphatic heterocycles. The Balaban J connectivity index is 2.05. The monoisotopic (exact) mass is 289 g/mol. The first kappa shape index (κ1) is 14.3. The summed E-state index contributed by atoms with van der Waals surface area (Å²) in [5, 5.41) is 5.15. The van der Waals surface area contributed by atoms with Crippen LogP contribution in [-0.4, -0.2) is 27.7 Å². The largest absolute Gasteiger partial charge is 0.348 e. The minimum absolute atomic E-state index is 0.0465. The maximum atomic E-state index is 12.0. The van der Waals surface area contributed by atoms with Crippen molar-refractivity contribution in [3.05, 3.63) is 35.5 Å². The van der Waals surface area contributed by atoms with Crippen molar-refractivity contribution in [3.8, 4) is 10.7 Å². The second-order valence-corrected chi connectivity index (χ2v) is 5.39. The van der Waals surface area contributed by atoms with E-state index in [1.54, 1.807) is 18.5 Å². The molecular formula is C14H15N3O2S. The summed E-state index contributed by atoms with van der Waals surface area (Å²) in [5.41, 5.74) is 1.10. The molecule has 1 unspecified atom stereocenters. The highest BCUT2D eigenvalue weighted by atomic mass is 32.1. The summed E-state index contributed by atoms with van der Waals surface area (Å²) in [6.07, 6.45) is 2.01. The van der Waals surface area contributed by atoms with Crippen molar-refractivity contribution in [2.24, 2.45) is 0 Å². The number of nitrogens with zero attached hydrogens (tertiary/aromatic N) is 2. The summed E-state index contributed by atoms with van der Waals surface area (Å²) < 4.78 is 0. The lowest BCUT2D eigenvalue weighted by Crippen LogP contribution is -2.34. The van der Waals surface area contributed by atoms with Gasteiger partial charge in [0.1, 0.15) is 16.5 Å². The molecule has 2 aromatic rings. The molecule has 1 atom stereocenters. The average Bonchev–Trinajstić information content (AvgIpc) is 2.88. The third kappa shape index (κ3) is 3.71. The summed E-state index contributed by atoms with van der Waals surface area (Å²) in [4.78, 5) is 31.4. The third-order valence-corrected chi connectivity index (χ3v) is 3.46. The van der Waals surface area contributed by atoms with E-state index in [4.69, 9.17) is 0 Å². The van der Waals surface area contributed by atoms with Crippen LogP contribution >= 0.6 is 11.3 Å². The number of carbonyl (C=O) groups is 2. The molecule has 0 saturated heterocycles. The van der Waals surface area contributed by atoms with Crippen LogP contribution in [-0.2, 0) is 4.79 Å². The molecule has 5 nitrogen and oxygen atoms in total. The number of rotatable bonds is 5. The first-order chi connectivity index (χ1) is 9.56. The van der Waals surface area contributed by atoms with Crippen molar-refractivity contribution in [2.75, 3.05) is 0 Å². The van der Waals surface area contributed by atoms with E-state index in [2.05, 4.69) is 15.3 Å². The molecule has 20 heavy (non-hydrogen) atoms. The minimum Gasteiger partial charge on any atom is -0.348 e. The molecule has 0 bridgehead atoms. The van der Waals surface area contributed by atoms with Gasteiger partial charge in [-0.15, -0.1) is 11.3 Å². The van der Waals surface area contributed by atoms with Crippen LogP contribution in [0.15, 0.2) is 29.8 Å². The Labute approximate surface area is 121 Å². The molecule has 1 N–H and O–H groups in total. The maximum Gasteiger partial charge on any atom is 0.270 e. The van der Waals surface area contributed by atoms with E-state index < -0.39 is 0 Å². The van der Waals surface area contributed by atoms with Gasteiger partial charge in [0.25, 0.3) is 5.91 Å². The van der Waals surface area contributed by atoms with Crippen molar-refractivity contribution in [1.82, 2.24) is 15.3 Å². The van der Waals surface area contributed by atoms with Crippen LogP contribution in [0.25, 0.3) is 10.7 Å². The van der Waals surface area contributed by atoms with Gasteiger partial charge < -0.3 is 5.32 Å². The molecule has 0 saturated carbocycles. The molecule has 6 heteroatoms. The third-order valence-electron chi connectivity index (χ3n) is 2.59. The topological polar surface area (TPSA) is 72.0 Å². The van der Waals surface area contributed by atoms with Gasteiger partial charge in [0.2, 0.25) is 0 Å². The molecule has 1 amide bonds. The van der Waals surface area contributed by atoms with Gasteiger partial charge in [-0.05, 0) is 26.0 Å². The van der Waals surface area contributed by atoms with E-state index in [0.717, 1.165) is 5.69 Å². The fraction of sp³-hybridized carbons (Fsp3) is 0.286. The van der Waals surface area contributed by atoms with E-state index in [-0.39, 0.29) is 17.7 Å². The number of hydrogen-bond acceptors (Lipinski definition) is 5. The van der Waals surface area contributed by atoms with Gasteiger partial charge in [0, 0.05) is 24.0 Å². The smallest absolute Gasteiger partial charge is 0.270 e. The second-order valence-electron chi connectivity index (χ2n) is 4.53. The van der Waals surface area contributed by atoms with Crippen LogP contribution in [0.2, 0.25) is 0 Å². The van der Waals surface area contributed by atoms with E-state index in [1.165, 1.54) is 18.3 Å². The van der Waals surface area contributed by atoms with Gasteiger partial charge in [0.15, 0.2) is 0 Å². The number of ketones is 1. The summed E-state index contributed by atoms with van der Waals surface area (Å²) in [7, 11) is 0. The SMILES string of the molecule is CC(=O)CC(C)NC(=O)c1csc(-c2ccccn2)n1. The van der Waals surface area contributed by atoms with Crippen molar-refractivity contribution in [2.45, 2.75) is 26.3 Å². The Hall–Kier alpha value is -2.08. The predicted molar refractivity (Wildman–Crippen MR) is 77.6 cm³/mol. The Kier molecular flexibility index (Phi) is 4.57. The fourth-order valence-corrected chi connectivity index (χ4v) is 2.54. The quantitative estimate of drug-likeness (QED) is 0.916. The van der Waals surface area contributed by atoms with Gasteiger partial charge in [0.05, 0.1) is 5.69 Å². The van der Waals surface area contributed by atoms with Crippen LogP contribution in [0.3, 0.4) is 0 Å². The van der Waals surface area contributed by atoms with Crippen LogP contribution in [0.5, 0.6) is 0 Å². The number of pyridine rings is 1. The lowest BCUT2D eigenvalue weighted by Gasteiger charge is -2.10. The molecule has 2 heterocycles. The zero-order valence-electron chi connectivity index (χ0n) is 11.3. The van der Waals surface area contributed by atoms with Crippen molar-refractivity contribution < 1.29 is 9.59 Å². The first-order valence-corrected chi connectivity index (χ1v) is 7.11. The Morgan fingerprint density at radius 2 is 2.20 bits per heavy atom. The molecule has 0 aromatic carbocycles. The van der Waals surface area contributed by atoms with E-state index in [0.29, 0.717) is 17.1 Å². The van der Waals surface area contributed by atoms with Gasteiger partial charge in [-0.2, -0.15) is 0 Å². The summed E-state index contributed by atoms with van der Waals surface area (Å²) >= 11 is 1.37. The normalized spacial score (nSPS) is 11.9. The highest BCUT2D eigenvalue weighted by Crippen LogP contribution is 2.21. The first-order valence-electron chi connectivity index (χ1n) is 6.23. The number of thiazole rings is 1. The van der Waals surface area contributed by atoms with E-state index in [9.17, 15) is 9.59 Å². The van der Waals surface area contributed by atoms with E-state index >= 15 is 0 Å². The number of nitrogens with one attached hydrogen (secondary N) is 1. The Bertz CT molecular complexity index is 610. The predicted octanol–water partition coefficient (Wildman–Crippen LogP) is 2.30. The number of carbonyl (C=O) groups excluding carboxylic acids is 2. The Morgan fingerprint density at radius 3 is 2.85 bits per heavy atom. The number of aromatic nitrogens is 2. The van der Waals surface area contributed by atoms with Crippen LogP contribution in [0.4, 0.5) is 0 Å². The highest BCUT2D eigenvalue weighted by Gasteiger charge is 2.15. The number of amides is 1. The summed E-state index contributed by atoms with van der Waals surface area (Å²) in [5.74, 6) is -0.220. The van der Waals surface area contributed by atoms with E-state index in [1.807, 2.05) is 18.2 Å². The van der Waals surface area contributed by atoms with Gasteiger partial charge in [-0.1, -0.05) is 6.07 Å². The zero-order chi connectivity index (χ0) is 14.5. The van der Waals surface area contributed by atoms with Gasteiger partial charge >= 0.3 is 0 Å². The van der Waals surface area contributed by atoms with Crippen molar-refractivity contribution >= 4 is 23.0 Å². The number of Topliss-reactive ketones (excluding diaryl/α,β-unsaturated/α-hetero) is 1. The molecule has 0 aliphatic carbocycles. The molecule has 0 radical (unpaired) electrons. The van der Waals surface area contributed by atoms with Crippen LogP contribution in [0, 0.1) is 0 Å². The van der Waals surface area contributed by atoms with Crippen molar-refractivity contribution in [1.29, 1.82) is 0 Å². The maximum absolute atomic E-state index is 12.0. The molecule has 2 aromatic heterocycles. The summed E-state index contributed by atoms with van der Waals surface area (Å²) in [6, 6.07) is 5.35. The zero-order valence-corrected chi connectivity index (χ0v) is 12.1. The standard InChI is InChI=1S/C14H15N3O2S/c1-9(7-10(2)18)16-13(19)12-8-20-14(17-12)11-5-3-4-6-15-11/h3-6,8-9H,7H2,1-2H3,(H,16,19). The highest BCUT2D eigenvalue weighted by molar-refractivity contribution is 7.13. The summed E-state index contributed by atoms with van der Waals surface area (Å²) in [6.45, 7) is 3.30. The Morgan fingerprint density at radius 1 is 1.40 bits per heavy atom. The van der Waals surface area contributed by atoms with Gasteiger partial charge in [-0.25, -0.2) is 4.98 Å². The van der Waals surface area contributed by atoms with Gasteiger partial charge in [-0.3, -0.25) is 14.6 Å². The molecule has 0 spiro atoms. The lowest BCUT2D eigenvalue weighted by molar-refractivity contribution is -0.117. The molecular weight excluding hydrogens is 274 g/mol. The molecule has 104 valence electrons. The number of hydrogen-bond donors (Lipinski definition) is 1. The molecule has 2 rings (SSSR count). The minimum atomic E-state index is -0.266. The van der Waals surface area contributed by atoms with Crippen LogP contribution < -0.4 is 5.32 Å². The fourth-order valence-electron chi connectivity index (χ4n) is 1.76. The second kappa shape index (κ2) is 6.38. The lowest BCUT2D eigenvalue weighted by atomic mass is 10.2. The molecule has 0 aliphatic rings. The average molecular weight is 289 g/mol. The molecule has 0 fully saturated rings. The van der Waals surface area contributed by atoms with Crippen molar-refractivity contribution in [3.63, 3.8) is 0 Å². The van der Waals surface area contributed by atoms with Crippen LogP contribution in [0.1, 0.15) is 30.8 Å².